The van der Waals surface area contributed by atoms with Crippen LogP contribution in [0, 0.1) is 5.92 Å². The molecule has 2 saturated carbocycles. The summed E-state index contributed by atoms with van der Waals surface area (Å²) in [4.78, 5) is 20.5. The molecule has 0 radical (unpaired) electrons. The molecule has 1 amide bonds. The Morgan fingerprint density at radius 2 is 1.96 bits per heavy atom. The van der Waals surface area contributed by atoms with Crippen molar-refractivity contribution in [3.8, 4) is 0 Å². The van der Waals surface area contributed by atoms with E-state index in [1.165, 1.54) is 6.07 Å². The lowest BCUT2D eigenvalue weighted by atomic mass is 9.93. The molecule has 2 heterocycles. The van der Waals surface area contributed by atoms with Crippen LogP contribution in [-0.4, -0.2) is 31.1 Å². The molecule has 2 fully saturated rings. The smallest absolute Gasteiger partial charge is 0.389 e. The highest BCUT2D eigenvalue weighted by Gasteiger charge is 2.41. The average molecular weight is 382 g/mol. The fraction of sp³-hybridized carbons (Fsp3) is 0.611. The summed E-state index contributed by atoms with van der Waals surface area (Å²) in [5.41, 5.74) is -1.64. The second-order valence-corrected chi connectivity index (χ2v) is 7.78. The number of amides is 1. The maximum atomic E-state index is 13.0. The third-order valence-corrected chi connectivity index (χ3v) is 5.49. The number of pyridine rings is 1. The van der Waals surface area contributed by atoms with Gasteiger partial charge < -0.3 is 5.11 Å². The fourth-order valence-electron chi connectivity index (χ4n) is 3.55. The highest BCUT2D eigenvalue weighted by molar-refractivity contribution is 5.91. The molecule has 2 aromatic rings. The first-order valence-electron chi connectivity index (χ1n) is 9.13. The average Bonchev–Trinajstić information content (AvgIpc) is 3.30. The van der Waals surface area contributed by atoms with Crippen molar-refractivity contribution >= 4 is 23.0 Å². The van der Waals surface area contributed by atoms with Gasteiger partial charge in [0.2, 0.25) is 11.9 Å². The summed E-state index contributed by atoms with van der Waals surface area (Å²) in [6, 6.07) is 2.13. The molecule has 0 aromatic carbocycles. The van der Waals surface area contributed by atoms with E-state index in [-0.39, 0.29) is 30.0 Å². The number of halogens is 3. The number of nitrogens with one attached hydrogen (secondary N) is 1. The van der Waals surface area contributed by atoms with Crippen molar-refractivity contribution < 1.29 is 23.1 Å². The molecule has 1 atom stereocenters. The van der Waals surface area contributed by atoms with Crippen LogP contribution in [0.15, 0.2) is 12.1 Å². The van der Waals surface area contributed by atoms with Crippen LogP contribution in [-0.2, 0) is 11.0 Å². The van der Waals surface area contributed by atoms with E-state index >= 15 is 0 Å². The molecule has 9 heteroatoms. The van der Waals surface area contributed by atoms with Crippen LogP contribution in [0.1, 0.15) is 57.2 Å². The largest absolute Gasteiger partial charge is 0.433 e. The van der Waals surface area contributed by atoms with Gasteiger partial charge in [-0.1, -0.05) is 0 Å². The van der Waals surface area contributed by atoms with Crippen LogP contribution in [0.25, 0.3) is 11.2 Å². The molecular formula is C18H21F3N4O2. The summed E-state index contributed by atoms with van der Waals surface area (Å²) in [5, 5.41) is 13.1. The van der Waals surface area contributed by atoms with Crippen molar-refractivity contribution in [2.45, 2.75) is 63.3 Å². The van der Waals surface area contributed by atoms with Gasteiger partial charge in [0.1, 0.15) is 11.2 Å². The van der Waals surface area contributed by atoms with Gasteiger partial charge in [-0.2, -0.15) is 13.2 Å². The lowest BCUT2D eigenvalue weighted by molar-refractivity contribution is -0.141. The van der Waals surface area contributed by atoms with Gasteiger partial charge in [-0.25, -0.2) is 9.97 Å². The van der Waals surface area contributed by atoms with Crippen molar-refractivity contribution in [3.63, 3.8) is 0 Å². The number of hydrogen-bond acceptors (Lipinski definition) is 4. The minimum atomic E-state index is -4.55. The van der Waals surface area contributed by atoms with Crippen LogP contribution in [0.3, 0.4) is 0 Å². The fourth-order valence-corrected chi connectivity index (χ4v) is 3.55. The molecule has 6 nitrogen and oxygen atoms in total. The van der Waals surface area contributed by atoms with Gasteiger partial charge in [0.25, 0.3) is 0 Å². The van der Waals surface area contributed by atoms with Crippen LogP contribution < -0.4 is 5.32 Å². The second kappa shape index (κ2) is 6.19. The van der Waals surface area contributed by atoms with E-state index in [9.17, 15) is 23.1 Å². The van der Waals surface area contributed by atoms with Gasteiger partial charge in [-0.15, -0.1) is 0 Å². The van der Waals surface area contributed by atoms with Crippen molar-refractivity contribution in [1.82, 2.24) is 14.5 Å². The number of anilines is 1. The normalized spacial score (nSPS) is 20.3. The molecule has 146 valence electrons. The van der Waals surface area contributed by atoms with E-state index in [0.717, 1.165) is 38.2 Å². The minimum Gasteiger partial charge on any atom is -0.389 e. The van der Waals surface area contributed by atoms with Gasteiger partial charge in [-0.3, -0.25) is 14.7 Å². The predicted molar refractivity (Wildman–Crippen MR) is 92.0 cm³/mol. The Bertz CT molecular complexity index is 883. The summed E-state index contributed by atoms with van der Waals surface area (Å²) >= 11 is 0. The highest BCUT2D eigenvalue weighted by atomic mass is 19.4. The molecule has 0 saturated heterocycles. The van der Waals surface area contributed by atoms with E-state index in [2.05, 4.69) is 15.3 Å². The van der Waals surface area contributed by atoms with Gasteiger partial charge >= 0.3 is 6.18 Å². The number of carbonyl (C=O) groups is 1. The summed E-state index contributed by atoms with van der Waals surface area (Å²) in [6.07, 6.45) is -0.275. The Morgan fingerprint density at radius 1 is 1.26 bits per heavy atom. The Labute approximate surface area is 153 Å². The maximum absolute atomic E-state index is 13.0. The summed E-state index contributed by atoms with van der Waals surface area (Å²) in [6.45, 7) is 1.64. The lowest BCUT2D eigenvalue weighted by Gasteiger charge is -2.29. The Balaban J connectivity index is 1.66. The molecule has 1 unspecified atom stereocenters. The number of alkyl halides is 3. The van der Waals surface area contributed by atoms with Gasteiger partial charge in [-0.05, 0) is 57.1 Å². The quantitative estimate of drug-likeness (QED) is 0.827. The molecule has 2 aliphatic carbocycles. The van der Waals surface area contributed by atoms with E-state index in [1.54, 1.807) is 11.5 Å². The zero-order valence-corrected chi connectivity index (χ0v) is 14.9. The standard InChI is InChI=1S/C18H21F3N4O2/c1-17(27,10-5-6-10)9-14(26)24-16-22-12-7-8-13(18(19,20)21)23-15(12)25(16)11-3-2-4-11/h7-8,10-11,27H,2-6,9H2,1H3,(H,22,24,26). The first-order valence-corrected chi connectivity index (χ1v) is 9.13. The monoisotopic (exact) mass is 382 g/mol. The number of rotatable bonds is 5. The minimum absolute atomic E-state index is 0.0368. The topological polar surface area (TPSA) is 80.0 Å². The highest BCUT2D eigenvalue weighted by Crippen LogP contribution is 2.42. The Morgan fingerprint density at radius 3 is 2.52 bits per heavy atom. The van der Waals surface area contributed by atoms with Crippen molar-refractivity contribution in [3.05, 3.63) is 17.8 Å². The number of imidazole rings is 1. The number of fused-ring (bicyclic) bond motifs is 1. The zero-order chi connectivity index (χ0) is 19.4. The number of aromatic nitrogens is 3. The SMILES string of the molecule is CC(O)(CC(=O)Nc1nc2ccc(C(F)(F)F)nc2n1C1CCC1)C1CC1. The van der Waals surface area contributed by atoms with Crippen LogP contribution >= 0.6 is 0 Å². The summed E-state index contributed by atoms with van der Waals surface area (Å²) < 4.78 is 40.7. The molecule has 27 heavy (non-hydrogen) atoms. The van der Waals surface area contributed by atoms with E-state index in [4.69, 9.17) is 0 Å². The lowest BCUT2D eigenvalue weighted by Crippen LogP contribution is -2.33. The first kappa shape index (κ1) is 18.2. The molecule has 0 bridgehead atoms. The molecule has 4 rings (SSSR count). The van der Waals surface area contributed by atoms with Crippen molar-refractivity contribution in [2.24, 2.45) is 5.92 Å². The van der Waals surface area contributed by atoms with Crippen LogP contribution in [0.4, 0.5) is 19.1 Å². The van der Waals surface area contributed by atoms with E-state index in [1.807, 2.05) is 0 Å². The predicted octanol–water partition coefficient (Wildman–Crippen LogP) is 3.66. The maximum Gasteiger partial charge on any atom is 0.433 e. The first-order chi connectivity index (χ1) is 12.6. The number of aliphatic hydroxyl groups is 1. The van der Waals surface area contributed by atoms with Crippen molar-refractivity contribution in [2.75, 3.05) is 5.32 Å². The summed E-state index contributed by atoms with van der Waals surface area (Å²) in [7, 11) is 0. The molecule has 2 N–H and O–H groups in total. The van der Waals surface area contributed by atoms with Crippen molar-refractivity contribution in [1.29, 1.82) is 0 Å². The number of nitrogens with zero attached hydrogens (tertiary/aromatic N) is 3. The molecule has 2 aromatic heterocycles. The number of carbonyl (C=O) groups excluding carboxylic acids is 1. The zero-order valence-electron chi connectivity index (χ0n) is 14.9. The third-order valence-electron chi connectivity index (χ3n) is 5.49. The molecule has 2 aliphatic rings. The Kier molecular flexibility index (Phi) is 4.17. The third kappa shape index (κ3) is 3.52. The molecular weight excluding hydrogens is 361 g/mol. The summed E-state index contributed by atoms with van der Waals surface area (Å²) in [5.74, 6) is -0.0957. The molecule has 0 aliphatic heterocycles. The van der Waals surface area contributed by atoms with Crippen LogP contribution in [0.5, 0.6) is 0 Å². The second-order valence-electron chi connectivity index (χ2n) is 7.78. The van der Waals surface area contributed by atoms with E-state index < -0.39 is 23.4 Å². The van der Waals surface area contributed by atoms with Crippen LogP contribution in [0.2, 0.25) is 0 Å². The number of hydrogen-bond donors (Lipinski definition) is 2. The van der Waals surface area contributed by atoms with Gasteiger partial charge in [0, 0.05) is 6.04 Å². The van der Waals surface area contributed by atoms with E-state index in [0.29, 0.717) is 5.52 Å². The van der Waals surface area contributed by atoms with Gasteiger partial charge in [0.05, 0.1) is 12.0 Å². The van der Waals surface area contributed by atoms with Gasteiger partial charge in [0.15, 0.2) is 5.65 Å². The Hall–Kier alpha value is -2.16. The molecule has 0 spiro atoms.